The first-order valence-electron chi connectivity index (χ1n) is 6.77. The Labute approximate surface area is 114 Å². The lowest BCUT2D eigenvalue weighted by atomic mass is 9.82. The van der Waals surface area contributed by atoms with E-state index in [0.29, 0.717) is 12.3 Å². The first kappa shape index (κ1) is 13.6. The zero-order valence-electron chi connectivity index (χ0n) is 11.8. The summed E-state index contributed by atoms with van der Waals surface area (Å²) in [7, 11) is 0. The highest BCUT2D eigenvalue weighted by atomic mass is 32.1. The summed E-state index contributed by atoms with van der Waals surface area (Å²) < 4.78 is 0. The van der Waals surface area contributed by atoms with E-state index in [1.165, 1.54) is 15.3 Å². The van der Waals surface area contributed by atoms with Gasteiger partial charge >= 0.3 is 0 Å². The third-order valence-electron chi connectivity index (χ3n) is 3.71. The van der Waals surface area contributed by atoms with Crippen molar-refractivity contribution in [3.63, 3.8) is 0 Å². The van der Waals surface area contributed by atoms with Gasteiger partial charge in [0.15, 0.2) is 0 Å². The fourth-order valence-electron chi connectivity index (χ4n) is 3.14. The second-order valence-electron chi connectivity index (χ2n) is 6.04. The molecule has 1 unspecified atom stereocenters. The third-order valence-corrected chi connectivity index (χ3v) is 4.72. The highest BCUT2D eigenvalue weighted by Gasteiger charge is 2.38. The Hall–Kier alpha value is -0.830. The van der Waals surface area contributed by atoms with Crippen LogP contribution in [0, 0.1) is 19.8 Å². The Bertz CT molecular complexity index is 449. The summed E-state index contributed by atoms with van der Waals surface area (Å²) in [6.07, 6.45) is 3.74. The van der Waals surface area contributed by atoms with Crippen molar-refractivity contribution in [3.05, 3.63) is 21.4 Å². The largest absolute Gasteiger partial charge is 0.350 e. The summed E-state index contributed by atoms with van der Waals surface area (Å²) in [6, 6.07) is 2.28. The predicted octanol–water partition coefficient (Wildman–Crippen LogP) is 3.60. The summed E-state index contributed by atoms with van der Waals surface area (Å²) in [5.41, 5.74) is 1.42. The van der Waals surface area contributed by atoms with Gasteiger partial charge in [0.2, 0.25) is 5.91 Å². The summed E-state index contributed by atoms with van der Waals surface area (Å²) >= 11 is 1.86. The van der Waals surface area contributed by atoms with E-state index in [2.05, 4.69) is 39.1 Å². The summed E-state index contributed by atoms with van der Waals surface area (Å²) in [6.45, 7) is 8.81. The van der Waals surface area contributed by atoms with Crippen LogP contribution in [-0.4, -0.2) is 11.4 Å². The van der Waals surface area contributed by atoms with Gasteiger partial charge in [0.1, 0.15) is 0 Å². The minimum atomic E-state index is 0.00350. The molecule has 3 heteroatoms. The van der Waals surface area contributed by atoms with Gasteiger partial charge in [-0.15, -0.1) is 11.3 Å². The van der Waals surface area contributed by atoms with Gasteiger partial charge in [0.25, 0.3) is 0 Å². The number of carbonyl (C=O) groups excluding carboxylic acids is 1. The Morgan fingerprint density at radius 3 is 2.61 bits per heavy atom. The van der Waals surface area contributed by atoms with Crippen LogP contribution in [-0.2, 0) is 11.2 Å². The SMILES string of the molecule is Cc1cc(CC2(CC(C)C)CCC(=O)N2)c(C)s1. The van der Waals surface area contributed by atoms with Crippen LogP contribution in [0.3, 0.4) is 0 Å². The minimum Gasteiger partial charge on any atom is -0.350 e. The van der Waals surface area contributed by atoms with Crippen LogP contribution in [0.4, 0.5) is 0 Å². The van der Waals surface area contributed by atoms with Crippen LogP contribution < -0.4 is 5.32 Å². The molecule has 1 saturated heterocycles. The molecule has 1 atom stereocenters. The molecule has 1 N–H and O–H groups in total. The maximum Gasteiger partial charge on any atom is 0.220 e. The van der Waals surface area contributed by atoms with E-state index in [4.69, 9.17) is 0 Å². The van der Waals surface area contributed by atoms with Crippen LogP contribution in [0.2, 0.25) is 0 Å². The summed E-state index contributed by atoms with van der Waals surface area (Å²) in [5.74, 6) is 0.837. The van der Waals surface area contributed by atoms with Crippen molar-refractivity contribution in [2.24, 2.45) is 5.92 Å². The van der Waals surface area contributed by atoms with Crippen molar-refractivity contribution in [2.75, 3.05) is 0 Å². The quantitative estimate of drug-likeness (QED) is 0.885. The number of hydrogen-bond donors (Lipinski definition) is 1. The predicted molar refractivity (Wildman–Crippen MR) is 77.1 cm³/mol. The second-order valence-corrected chi connectivity index (χ2v) is 7.50. The van der Waals surface area contributed by atoms with E-state index in [1.54, 1.807) is 0 Å². The van der Waals surface area contributed by atoms with Gasteiger partial charge in [-0.25, -0.2) is 0 Å². The molecule has 0 spiro atoms. The maximum atomic E-state index is 11.6. The minimum absolute atomic E-state index is 0.00350. The van der Waals surface area contributed by atoms with Crippen molar-refractivity contribution in [3.8, 4) is 0 Å². The molecule has 0 saturated carbocycles. The van der Waals surface area contributed by atoms with E-state index in [0.717, 1.165) is 19.3 Å². The molecule has 1 aliphatic rings. The van der Waals surface area contributed by atoms with Crippen molar-refractivity contribution in [1.82, 2.24) is 5.32 Å². The molecule has 100 valence electrons. The lowest BCUT2D eigenvalue weighted by Gasteiger charge is -2.31. The Balaban J connectivity index is 2.20. The normalized spacial score (nSPS) is 23.7. The molecule has 2 nitrogen and oxygen atoms in total. The Morgan fingerprint density at radius 1 is 1.44 bits per heavy atom. The fourth-order valence-corrected chi connectivity index (χ4v) is 4.08. The molecule has 1 aromatic heterocycles. The zero-order valence-corrected chi connectivity index (χ0v) is 12.6. The number of amides is 1. The van der Waals surface area contributed by atoms with Crippen molar-refractivity contribution in [2.45, 2.75) is 58.9 Å². The molecule has 0 aliphatic carbocycles. The summed E-state index contributed by atoms with van der Waals surface area (Å²) in [4.78, 5) is 14.4. The molecule has 2 heterocycles. The van der Waals surface area contributed by atoms with Gasteiger partial charge in [0.05, 0.1) is 0 Å². The number of hydrogen-bond acceptors (Lipinski definition) is 2. The van der Waals surface area contributed by atoms with Gasteiger partial charge in [-0.2, -0.15) is 0 Å². The van der Waals surface area contributed by atoms with Gasteiger partial charge in [-0.3, -0.25) is 4.79 Å². The lowest BCUT2D eigenvalue weighted by Crippen LogP contribution is -2.44. The molecule has 1 aromatic rings. The van der Waals surface area contributed by atoms with Crippen LogP contribution in [0.15, 0.2) is 6.07 Å². The molecule has 0 radical (unpaired) electrons. The zero-order chi connectivity index (χ0) is 13.3. The van der Waals surface area contributed by atoms with Crippen LogP contribution >= 0.6 is 11.3 Å². The molecule has 1 fully saturated rings. The number of thiophene rings is 1. The number of nitrogens with one attached hydrogen (secondary N) is 1. The highest BCUT2D eigenvalue weighted by molar-refractivity contribution is 7.12. The van der Waals surface area contributed by atoms with E-state index in [1.807, 2.05) is 11.3 Å². The fraction of sp³-hybridized carbons (Fsp3) is 0.667. The van der Waals surface area contributed by atoms with Crippen LogP contribution in [0.25, 0.3) is 0 Å². The topological polar surface area (TPSA) is 29.1 Å². The average molecular weight is 265 g/mol. The van der Waals surface area contributed by atoms with E-state index in [-0.39, 0.29) is 11.4 Å². The van der Waals surface area contributed by atoms with Gasteiger partial charge in [-0.05, 0) is 50.7 Å². The molecular weight excluding hydrogens is 242 g/mol. The molecular formula is C15H23NOS. The monoisotopic (exact) mass is 265 g/mol. The van der Waals surface area contributed by atoms with Gasteiger partial charge < -0.3 is 5.32 Å². The Morgan fingerprint density at radius 2 is 2.17 bits per heavy atom. The van der Waals surface area contributed by atoms with Crippen molar-refractivity contribution >= 4 is 17.2 Å². The van der Waals surface area contributed by atoms with E-state index >= 15 is 0 Å². The number of aryl methyl sites for hydroxylation is 2. The smallest absolute Gasteiger partial charge is 0.220 e. The average Bonchev–Trinajstić information content (AvgIpc) is 2.71. The highest BCUT2D eigenvalue weighted by Crippen LogP contribution is 2.33. The van der Waals surface area contributed by atoms with Crippen molar-refractivity contribution < 1.29 is 4.79 Å². The molecule has 1 aliphatic heterocycles. The molecule has 18 heavy (non-hydrogen) atoms. The maximum absolute atomic E-state index is 11.6. The van der Waals surface area contributed by atoms with E-state index < -0.39 is 0 Å². The summed E-state index contributed by atoms with van der Waals surface area (Å²) in [5, 5.41) is 3.25. The Kier molecular flexibility index (Phi) is 3.81. The lowest BCUT2D eigenvalue weighted by molar-refractivity contribution is -0.119. The van der Waals surface area contributed by atoms with Gasteiger partial charge in [-0.1, -0.05) is 13.8 Å². The number of rotatable bonds is 4. The van der Waals surface area contributed by atoms with E-state index in [9.17, 15) is 4.79 Å². The standard InChI is InChI=1S/C15H23NOS/c1-10(2)8-15(6-5-14(17)16-15)9-13-7-11(3)18-12(13)4/h7,10H,5-6,8-9H2,1-4H3,(H,16,17). The first-order valence-corrected chi connectivity index (χ1v) is 7.59. The van der Waals surface area contributed by atoms with Crippen molar-refractivity contribution in [1.29, 1.82) is 0 Å². The molecule has 0 bridgehead atoms. The van der Waals surface area contributed by atoms with Gasteiger partial charge in [0, 0.05) is 21.7 Å². The van der Waals surface area contributed by atoms with Crippen LogP contribution in [0.1, 0.15) is 48.4 Å². The molecule has 1 amide bonds. The molecule has 2 rings (SSSR count). The first-order chi connectivity index (χ1) is 8.40. The molecule has 0 aromatic carbocycles. The number of carbonyl (C=O) groups is 1. The third kappa shape index (κ3) is 2.94. The second kappa shape index (κ2) is 5.04. The van der Waals surface area contributed by atoms with Crippen LogP contribution in [0.5, 0.6) is 0 Å².